The lowest BCUT2D eigenvalue weighted by atomic mass is 9.47. The standard InChI is InChI=1S/C34H50O2/c1-23(2)10-9-11-24(3)29-16-17-30-28-15-14-26-22-27(36-32(35)25-12-7-6-8-13-25)18-20-33(26,4)31(28)19-21-34(29,30)5/h6-8,12-14,23-24,27-31H,9-11,15-22H2,1-5H3/t24?,27-,28?,29?,30?,31?,33-,34+/m0/s1. The van der Waals surface area contributed by atoms with Crippen molar-refractivity contribution in [2.45, 2.75) is 111 Å². The number of allylic oxidation sites excluding steroid dienone is 1. The van der Waals surface area contributed by atoms with E-state index in [0.29, 0.717) is 16.4 Å². The van der Waals surface area contributed by atoms with E-state index < -0.39 is 0 Å². The molecule has 0 heterocycles. The first-order valence-corrected chi connectivity index (χ1v) is 15.2. The maximum atomic E-state index is 12.7. The van der Waals surface area contributed by atoms with E-state index in [9.17, 15) is 4.79 Å². The van der Waals surface area contributed by atoms with E-state index in [0.717, 1.165) is 48.3 Å². The summed E-state index contributed by atoms with van der Waals surface area (Å²) < 4.78 is 6.00. The summed E-state index contributed by atoms with van der Waals surface area (Å²) in [6, 6.07) is 9.49. The van der Waals surface area contributed by atoms with Crippen LogP contribution in [0.15, 0.2) is 42.0 Å². The molecule has 3 fully saturated rings. The third-order valence-electron chi connectivity index (χ3n) is 11.5. The highest BCUT2D eigenvalue weighted by atomic mass is 16.5. The molecule has 4 aliphatic rings. The highest BCUT2D eigenvalue weighted by Crippen LogP contribution is 2.67. The van der Waals surface area contributed by atoms with Crippen LogP contribution in [0.4, 0.5) is 0 Å². The van der Waals surface area contributed by atoms with Gasteiger partial charge in [0.15, 0.2) is 0 Å². The molecule has 198 valence electrons. The van der Waals surface area contributed by atoms with Gasteiger partial charge in [-0.1, -0.05) is 83.7 Å². The molecule has 5 rings (SSSR count). The van der Waals surface area contributed by atoms with Gasteiger partial charge in [0.05, 0.1) is 5.56 Å². The Morgan fingerprint density at radius 2 is 1.75 bits per heavy atom. The molecule has 36 heavy (non-hydrogen) atoms. The lowest BCUT2D eigenvalue weighted by Gasteiger charge is -2.58. The number of hydrogen-bond donors (Lipinski definition) is 0. The van der Waals surface area contributed by atoms with Crippen molar-refractivity contribution >= 4 is 5.97 Å². The van der Waals surface area contributed by atoms with E-state index in [2.05, 4.69) is 40.7 Å². The van der Waals surface area contributed by atoms with E-state index in [1.807, 2.05) is 30.3 Å². The lowest BCUT2D eigenvalue weighted by Crippen LogP contribution is -2.51. The first-order valence-electron chi connectivity index (χ1n) is 15.2. The second-order valence-electron chi connectivity index (χ2n) is 13.9. The minimum Gasteiger partial charge on any atom is -0.458 e. The van der Waals surface area contributed by atoms with Crippen LogP contribution in [0, 0.1) is 46.3 Å². The monoisotopic (exact) mass is 490 g/mol. The molecule has 0 N–H and O–H groups in total. The molecule has 0 saturated heterocycles. The summed E-state index contributed by atoms with van der Waals surface area (Å²) in [5.41, 5.74) is 3.12. The molecule has 3 saturated carbocycles. The molecule has 8 atom stereocenters. The minimum atomic E-state index is -0.161. The van der Waals surface area contributed by atoms with Crippen LogP contribution in [-0.4, -0.2) is 12.1 Å². The van der Waals surface area contributed by atoms with Crippen molar-refractivity contribution in [2.75, 3.05) is 0 Å². The van der Waals surface area contributed by atoms with Gasteiger partial charge in [-0.15, -0.1) is 0 Å². The van der Waals surface area contributed by atoms with Gasteiger partial charge in [-0.25, -0.2) is 4.79 Å². The summed E-state index contributed by atoms with van der Waals surface area (Å²) in [5.74, 6) is 5.03. The van der Waals surface area contributed by atoms with Crippen LogP contribution in [0.2, 0.25) is 0 Å². The average Bonchev–Trinajstić information content (AvgIpc) is 3.22. The Balaban J connectivity index is 1.25. The van der Waals surface area contributed by atoms with Crippen molar-refractivity contribution in [1.82, 2.24) is 0 Å². The Hall–Kier alpha value is -1.57. The molecular weight excluding hydrogens is 440 g/mol. The molecule has 5 unspecified atom stereocenters. The molecule has 2 nitrogen and oxygen atoms in total. The molecular formula is C34H50O2. The average molecular weight is 491 g/mol. The molecule has 1 aromatic rings. The quantitative estimate of drug-likeness (QED) is 0.281. The minimum absolute atomic E-state index is 0.0324. The number of rotatable bonds is 7. The summed E-state index contributed by atoms with van der Waals surface area (Å²) in [6.45, 7) is 12.6. The van der Waals surface area contributed by atoms with Gasteiger partial charge in [0.1, 0.15) is 6.10 Å². The van der Waals surface area contributed by atoms with Gasteiger partial charge in [0.25, 0.3) is 0 Å². The van der Waals surface area contributed by atoms with Gasteiger partial charge in [-0.05, 0) is 103 Å². The van der Waals surface area contributed by atoms with E-state index in [1.165, 1.54) is 57.8 Å². The number of fused-ring (bicyclic) bond motifs is 5. The molecule has 0 spiro atoms. The van der Waals surface area contributed by atoms with E-state index >= 15 is 0 Å². The highest BCUT2D eigenvalue weighted by molar-refractivity contribution is 5.89. The zero-order chi connectivity index (χ0) is 25.5. The maximum Gasteiger partial charge on any atom is 0.338 e. The molecule has 0 bridgehead atoms. The summed E-state index contributed by atoms with van der Waals surface area (Å²) in [7, 11) is 0. The van der Waals surface area contributed by atoms with Gasteiger partial charge >= 0.3 is 5.97 Å². The van der Waals surface area contributed by atoms with Crippen LogP contribution in [0.3, 0.4) is 0 Å². The molecule has 0 amide bonds. The smallest absolute Gasteiger partial charge is 0.338 e. The van der Waals surface area contributed by atoms with E-state index in [1.54, 1.807) is 5.57 Å². The van der Waals surface area contributed by atoms with Crippen LogP contribution in [0.1, 0.15) is 116 Å². The maximum absolute atomic E-state index is 12.7. The van der Waals surface area contributed by atoms with Crippen LogP contribution in [0.5, 0.6) is 0 Å². The fourth-order valence-corrected chi connectivity index (χ4v) is 9.55. The van der Waals surface area contributed by atoms with Gasteiger partial charge < -0.3 is 4.74 Å². The van der Waals surface area contributed by atoms with Crippen molar-refractivity contribution in [3.8, 4) is 0 Å². The van der Waals surface area contributed by atoms with E-state index in [4.69, 9.17) is 4.74 Å². The topological polar surface area (TPSA) is 26.3 Å². The fraction of sp³-hybridized carbons (Fsp3) is 0.735. The predicted octanol–water partition coefficient (Wildman–Crippen LogP) is 9.25. The molecule has 1 aromatic carbocycles. The second-order valence-corrected chi connectivity index (χ2v) is 13.9. The first-order chi connectivity index (χ1) is 17.2. The van der Waals surface area contributed by atoms with Crippen molar-refractivity contribution in [2.24, 2.45) is 46.3 Å². The normalized spacial score (nSPS) is 38.5. The highest BCUT2D eigenvalue weighted by Gasteiger charge is 2.59. The molecule has 0 radical (unpaired) electrons. The second kappa shape index (κ2) is 10.3. The summed E-state index contributed by atoms with van der Waals surface area (Å²) in [5, 5.41) is 0. The predicted molar refractivity (Wildman–Crippen MR) is 149 cm³/mol. The van der Waals surface area contributed by atoms with Crippen molar-refractivity contribution in [3.63, 3.8) is 0 Å². The van der Waals surface area contributed by atoms with Crippen molar-refractivity contribution in [1.29, 1.82) is 0 Å². The largest absolute Gasteiger partial charge is 0.458 e. The van der Waals surface area contributed by atoms with Gasteiger partial charge in [0.2, 0.25) is 0 Å². The zero-order valence-electron chi connectivity index (χ0n) is 23.6. The van der Waals surface area contributed by atoms with Crippen molar-refractivity contribution in [3.05, 3.63) is 47.5 Å². The number of esters is 1. The number of benzene rings is 1. The van der Waals surface area contributed by atoms with Crippen LogP contribution in [0.25, 0.3) is 0 Å². The van der Waals surface area contributed by atoms with Crippen molar-refractivity contribution < 1.29 is 9.53 Å². The number of ether oxygens (including phenoxy) is 1. The van der Waals surface area contributed by atoms with E-state index in [-0.39, 0.29) is 12.1 Å². The third kappa shape index (κ3) is 4.71. The Morgan fingerprint density at radius 3 is 2.50 bits per heavy atom. The first kappa shape index (κ1) is 26.1. The Bertz CT molecular complexity index is 947. The molecule has 2 heteroatoms. The van der Waals surface area contributed by atoms with Gasteiger partial charge in [-0.2, -0.15) is 0 Å². The Labute approximate surface area is 220 Å². The Kier molecular flexibility index (Phi) is 7.45. The van der Waals surface area contributed by atoms with Crippen LogP contribution in [-0.2, 0) is 4.74 Å². The van der Waals surface area contributed by atoms with Crippen LogP contribution >= 0.6 is 0 Å². The fourth-order valence-electron chi connectivity index (χ4n) is 9.55. The molecule has 4 aliphatic carbocycles. The summed E-state index contributed by atoms with van der Waals surface area (Å²) in [6.07, 6.45) is 17.0. The SMILES string of the molecule is CC(C)CCCC(C)C1CCC2C3CC=C4C[C@@H](OC(=O)c5ccccc5)CC[C@]4(C)C3CC[C@]12C. The number of carbonyl (C=O) groups is 1. The molecule has 0 aromatic heterocycles. The third-order valence-corrected chi connectivity index (χ3v) is 11.5. The molecule has 0 aliphatic heterocycles. The number of carbonyl (C=O) groups excluding carboxylic acids is 1. The van der Waals surface area contributed by atoms with Crippen LogP contribution < -0.4 is 0 Å². The zero-order valence-corrected chi connectivity index (χ0v) is 23.6. The summed E-state index contributed by atoms with van der Waals surface area (Å²) >= 11 is 0. The van der Waals surface area contributed by atoms with Gasteiger partial charge in [0, 0.05) is 6.42 Å². The number of hydrogen-bond acceptors (Lipinski definition) is 2. The Morgan fingerprint density at radius 1 is 0.972 bits per heavy atom. The van der Waals surface area contributed by atoms with Gasteiger partial charge in [-0.3, -0.25) is 0 Å². The summed E-state index contributed by atoms with van der Waals surface area (Å²) in [4.78, 5) is 12.7. The lowest BCUT2D eigenvalue weighted by molar-refractivity contribution is -0.0594.